The lowest BCUT2D eigenvalue weighted by atomic mass is 10.2. The molecule has 2 rings (SSSR count). The van der Waals surface area contributed by atoms with Crippen molar-refractivity contribution in [3.63, 3.8) is 0 Å². The zero-order chi connectivity index (χ0) is 9.10. The van der Waals surface area contributed by atoms with Crippen LogP contribution in [0, 0.1) is 0 Å². The van der Waals surface area contributed by atoms with E-state index >= 15 is 0 Å². The maximum Gasteiger partial charge on any atom is 0.137 e. The molecule has 0 unspecified atom stereocenters. The SMILES string of the molecule is OCc1cnc(-c2ccccc2)[nH]1. The third kappa shape index (κ3) is 1.60. The van der Waals surface area contributed by atoms with E-state index in [0.29, 0.717) is 0 Å². The summed E-state index contributed by atoms with van der Waals surface area (Å²) in [5, 5.41) is 8.83. The van der Waals surface area contributed by atoms with E-state index in [1.165, 1.54) is 0 Å². The van der Waals surface area contributed by atoms with Gasteiger partial charge in [0.05, 0.1) is 18.5 Å². The molecule has 0 spiro atoms. The average molecular weight is 174 g/mol. The van der Waals surface area contributed by atoms with Gasteiger partial charge in [-0.2, -0.15) is 0 Å². The molecule has 0 radical (unpaired) electrons. The Labute approximate surface area is 76.1 Å². The van der Waals surface area contributed by atoms with E-state index in [2.05, 4.69) is 9.97 Å². The van der Waals surface area contributed by atoms with Crippen LogP contribution in [0.25, 0.3) is 11.4 Å². The first kappa shape index (κ1) is 8.01. The van der Waals surface area contributed by atoms with E-state index in [1.807, 2.05) is 30.3 Å². The second kappa shape index (κ2) is 3.41. The highest BCUT2D eigenvalue weighted by atomic mass is 16.3. The van der Waals surface area contributed by atoms with Crippen LogP contribution in [0.4, 0.5) is 0 Å². The number of nitrogens with zero attached hydrogens (tertiary/aromatic N) is 1. The lowest BCUT2D eigenvalue weighted by Gasteiger charge is -1.94. The summed E-state index contributed by atoms with van der Waals surface area (Å²) in [4.78, 5) is 7.16. The Hall–Kier alpha value is -1.61. The first-order valence-electron chi connectivity index (χ1n) is 4.10. The van der Waals surface area contributed by atoms with Crippen LogP contribution in [0.2, 0.25) is 0 Å². The summed E-state index contributed by atoms with van der Waals surface area (Å²) in [7, 11) is 0. The highest BCUT2D eigenvalue weighted by Gasteiger charge is 2.00. The van der Waals surface area contributed by atoms with Crippen molar-refractivity contribution in [1.82, 2.24) is 9.97 Å². The van der Waals surface area contributed by atoms with Crippen molar-refractivity contribution in [3.8, 4) is 11.4 Å². The summed E-state index contributed by atoms with van der Waals surface area (Å²) < 4.78 is 0. The van der Waals surface area contributed by atoms with Crippen LogP contribution in [0.15, 0.2) is 36.5 Å². The molecule has 0 bridgehead atoms. The van der Waals surface area contributed by atoms with Gasteiger partial charge in [0.1, 0.15) is 5.82 Å². The third-order valence-corrected chi connectivity index (χ3v) is 1.85. The first-order valence-corrected chi connectivity index (χ1v) is 4.10. The number of aliphatic hydroxyl groups excluding tert-OH is 1. The number of H-pyrrole nitrogens is 1. The van der Waals surface area contributed by atoms with Crippen molar-refractivity contribution >= 4 is 0 Å². The van der Waals surface area contributed by atoms with Crippen LogP contribution in [0.5, 0.6) is 0 Å². The van der Waals surface area contributed by atoms with Gasteiger partial charge in [0.2, 0.25) is 0 Å². The molecule has 0 aliphatic carbocycles. The zero-order valence-electron chi connectivity index (χ0n) is 7.07. The summed E-state index contributed by atoms with van der Waals surface area (Å²) >= 11 is 0. The van der Waals surface area contributed by atoms with Gasteiger partial charge in [-0.15, -0.1) is 0 Å². The molecular formula is C10H10N2O. The van der Waals surface area contributed by atoms with Gasteiger partial charge in [-0.05, 0) is 0 Å². The molecule has 2 N–H and O–H groups in total. The van der Waals surface area contributed by atoms with E-state index in [1.54, 1.807) is 6.20 Å². The van der Waals surface area contributed by atoms with Gasteiger partial charge >= 0.3 is 0 Å². The molecule has 0 atom stereocenters. The highest BCUT2D eigenvalue weighted by molar-refractivity contribution is 5.54. The van der Waals surface area contributed by atoms with Crippen molar-refractivity contribution in [2.45, 2.75) is 6.61 Å². The van der Waals surface area contributed by atoms with Crippen molar-refractivity contribution in [2.24, 2.45) is 0 Å². The van der Waals surface area contributed by atoms with E-state index < -0.39 is 0 Å². The Balaban J connectivity index is 2.36. The molecule has 3 heteroatoms. The molecule has 1 aromatic carbocycles. The molecule has 0 aliphatic rings. The molecule has 66 valence electrons. The van der Waals surface area contributed by atoms with Crippen molar-refractivity contribution in [3.05, 3.63) is 42.2 Å². The topological polar surface area (TPSA) is 48.9 Å². The zero-order valence-corrected chi connectivity index (χ0v) is 7.07. The fourth-order valence-corrected chi connectivity index (χ4v) is 1.18. The average Bonchev–Trinajstić information content (AvgIpc) is 2.67. The summed E-state index contributed by atoms with van der Waals surface area (Å²) in [6, 6.07) is 9.81. The Morgan fingerprint density at radius 2 is 2.00 bits per heavy atom. The number of hydrogen-bond donors (Lipinski definition) is 2. The second-order valence-corrected chi connectivity index (χ2v) is 2.78. The van der Waals surface area contributed by atoms with Gasteiger partial charge in [0, 0.05) is 5.56 Å². The monoisotopic (exact) mass is 174 g/mol. The van der Waals surface area contributed by atoms with Crippen molar-refractivity contribution in [1.29, 1.82) is 0 Å². The van der Waals surface area contributed by atoms with E-state index in [-0.39, 0.29) is 6.61 Å². The first-order chi connectivity index (χ1) is 6.40. The lowest BCUT2D eigenvalue weighted by molar-refractivity contribution is 0.277. The van der Waals surface area contributed by atoms with Crippen LogP contribution in [0.3, 0.4) is 0 Å². The van der Waals surface area contributed by atoms with Crippen LogP contribution in [-0.4, -0.2) is 15.1 Å². The van der Waals surface area contributed by atoms with E-state index in [4.69, 9.17) is 5.11 Å². The fourth-order valence-electron chi connectivity index (χ4n) is 1.18. The Morgan fingerprint density at radius 3 is 2.62 bits per heavy atom. The molecular weight excluding hydrogens is 164 g/mol. The predicted octanol–water partition coefficient (Wildman–Crippen LogP) is 1.57. The molecule has 0 saturated heterocycles. The Bertz CT molecular complexity index is 381. The maximum absolute atomic E-state index is 8.83. The Morgan fingerprint density at radius 1 is 1.23 bits per heavy atom. The number of nitrogens with one attached hydrogen (secondary N) is 1. The van der Waals surface area contributed by atoms with Gasteiger partial charge in [-0.25, -0.2) is 4.98 Å². The molecule has 0 amide bonds. The largest absolute Gasteiger partial charge is 0.390 e. The number of rotatable bonds is 2. The van der Waals surface area contributed by atoms with Gasteiger partial charge in [0.25, 0.3) is 0 Å². The van der Waals surface area contributed by atoms with Gasteiger partial charge in [-0.1, -0.05) is 30.3 Å². The molecule has 0 saturated carbocycles. The summed E-state index contributed by atoms with van der Waals surface area (Å²) in [6.07, 6.45) is 1.64. The molecule has 2 aromatic rings. The minimum atomic E-state index is -0.000165. The number of hydrogen-bond acceptors (Lipinski definition) is 2. The van der Waals surface area contributed by atoms with Gasteiger partial charge < -0.3 is 10.1 Å². The minimum Gasteiger partial charge on any atom is -0.390 e. The number of aromatic amines is 1. The molecule has 1 aromatic heterocycles. The van der Waals surface area contributed by atoms with Gasteiger partial charge in [-0.3, -0.25) is 0 Å². The van der Waals surface area contributed by atoms with Crippen LogP contribution in [0.1, 0.15) is 5.69 Å². The van der Waals surface area contributed by atoms with Crippen LogP contribution in [-0.2, 0) is 6.61 Å². The number of aromatic nitrogens is 2. The molecule has 0 aliphatic heterocycles. The van der Waals surface area contributed by atoms with Crippen LogP contribution < -0.4 is 0 Å². The summed E-state index contributed by atoms with van der Waals surface area (Å²) in [6.45, 7) is -0.000165. The quantitative estimate of drug-likeness (QED) is 0.726. The molecule has 1 heterocycles. The van der Waals surface area contributed by atoms with E-state index in [9.17, 15) is 0 Å². The van der Waals surface area contributed by atoms with Crippen LogP contribution >= 0.6 is 0 Å². The van der Waals surface area contributed by atoms with E-state index in [0.717, 1.165) is 17.1 Å². The number of benzene rings is 1. The number of imidazole rings is 1. The molecule has 0 fully saturated rings. The summed E-state index contributed by atoms with van der Waals surface area (Å²) in [5.41, 5.74) is 1.76. The van der Waals surface area contributed by atoms with Crippen molar-refractivity contribution in [2.75, 3.05) is 0 Å². The standard InChI is InChI=1S/C10H10N2O/c13-7-9-6-11-10(12-9)8-4-2-1-3-5-8/h1-6,13H,7H2,(H,11,12). The number of aliphatic hydroxyl groups is 1. The normalized spacial score (nSPS) is 10.2. The Kier molecular flexibility index (Phi) is 2.10. The summed E-state index contributed by atoms with van der Waals surface area (Å²) in [5.74, 6) is 0.796. The predicted molar refractivity (Wildman–Crippen MR) is 49.9 cm³/mol. The fraction of sp³-hybridized carbons (Fsp3) is 0.100. The molecule has 3 nitrogen and oxygen atoms in total. The smallest absolute Gasteiger partial charge is 0.137 e. The highest BCUT2D eigenvalue weighted by Crippen LogP contribution is 2.14. The van der Waals surface area contributed by atoms with Gasteiger partial charge in [0.15, 0.2) is 0 Å². The third-order valence-electron chi connectivity index (χ3n) is 1.85. The molecule has 13 heavy (non-hydrogen) atoms. The van der Waals surface area contributed by atoms with Crippen molar-refractivity contribution < 1.29 is 5.11 Å². The lowest BCUT2D eigenvalue weighted by Crippen LogP contribution is -1.82. The second-order valence-electron chi connectivity index (χ2n) is 2.78. The minimum absolute atomic E-state index is 0.000165. The maximum atomic E-state index is 8.83.